The number of carbonyl (C=O) groups excluding carboxylic acids is 1. The highest BCUT2D eigenvalue weighted by Crippen LogP contribution is 2.06. The summed E-state index contributed by atoms with van der Waals surface area (Å²) in [5.74, 6) is 0.0580. The molecule has 0 fully saturated rings. The minimum absolute atomic E-state index is 0.0580. The van der Waals surface area contributed by atoms with Gasteiger partial charge in [-0.1, -0.05) is 11.6 Å². The van der Waals surface area contributed by atoms with Gasteiger partial charge in [-0.15, -0.1) is 0 Å². The Balaban J connectivity index is 1.82. The Kier molecular flexibility index (Phi) is 4.79. The topological polar surface area (TPSA) is 56.0 Å². The third kappa shape index (κ3) is 3.84. The third-order valence-electron chi connectivity index (χ3n) is 3.00. The molecule has 0 bridgehead atoms. The number of carbonyl (C=O) groups is 1. The van der Waals surface area contributed by atoms with E-state index in [1.807, 2.05) is 23.9 Å². The van der Waals surface area contributed by atoms with Crippen molar-refractivity contribution in [2.75, 3.05) is 7.05 Å². The van der Waals surface area contributed by atoms with Crippen LogP contribution in [0.1, 0.15) is 19.0 Å². The molecule has 0 aliphatic heterocycles. The van der Waals surface area contributed by atoms with Gasteiger partial charge in [0.1, 0.15) is 0 Å². The monoisotopic (exact) mass is 295 g/mol. The molecule has 0 aromatic carbocycles. The van der Waals surface area contributed by atoms with Crippen LogP contribution in [-0.4, -0.2) is 37.4 Å². The lowest BCUT2D eigenvalue weighted by Crippen LogP contribution is -2.27. The van der Waals surface area contributed by atoms with Crippen molar-refractivity contribution < 1.29 is 4.79 Å². The van der Waals surface area contributed by atoms with Crippen molar-refractivity contribution in [1.82, 2.24) is 24.5 Å². The van der Waals surface area contributed by atoms with Crippen molar-refractivity contribution in [2.24, 2.45) is 0 Å². The van der Waals surface area contributed by atoms with Gasteiger partial charge < -0.3 is 4.90 Å². The van der Waals surface area contributed by atoms with Crippen LogP contribution in [0.2, 0.25) is 5.02 Å². The molecule has 108 valence electrons. The fourth-order valence-electron chi connectivity index (χ4n) is 1.86. The van der Waals surface area contributed by atoms with Crippen LogP contribution in [0.25, 0.3) is 0 Å². The molecule has 0 radical (unpaired) electrons. The summed E-state index contributed by atoms with van der Waals surface area (Å²) in [6.45, 7) is 3.91. The molecule has 7 heteroatoms. The zero-order valence-corrected chi connectivity index (χ0v) is 12.4. The molecule has 6 nitrogen and oxygen atoms in total. The first kappa shape index (κ1) is 14.6. The van der Waals surface area contributed by atoms with E-state index in [2.05, 4.69) is 10.2 Å². The first-order valence-corrected chi connectivity index (χ1v) is 6.90. The van der Waals surface area contributed by atoms with Crippen LogP contribution in [0.15, 0.2) is 24.7 Å². The maximum Gasteiger partial charge on any atom is 0.224 e. The van der Waals surface area contributed by atoms with E-state index < -0.39 is 0 Å². The van der Waals surface area contributed by atoms with Crippen LogP contribution in [-0.2, 0) is 24.4 Å². The van der Waals surface area contributed by atoms with E-state index in [1.54, 1.807) is 29.0 Å². The molecule has 2 aromatic rings. The van der Waals surface area contributed by atoms with Crippen LogP contribution in [0.3, 0.4) is 0 Å². The lowest BCUT2D eigenvalue weighted by atomic mass is 10.3. The fourth-order valence-corrected chi connectivity index (χ4v) is 2.01. The Bertz CT molecular complexity index is 577. The van der Waals surface area contributed by atoms with E-state index >= 15 is 0 Å². The van der Waals surface area contributed by atoms with Crippen LogP contribution >= 0.6 is 11.6 Å². The molecule has 2 rings (SSSR count). The van der Waals surface area contributed by atoms with Crippen LogP contribution in [0.5, 0.6) is 0 Å². The summed E-state index contributed by atoms with van der Waals surface area (Å²) < 4.78 is 3.51. The van der Waals surface area contributed by atoms with Gasteiger partial charge in [-0.3, -0.25) is 14.2 Å². The van der Waals surface area contributed by atoms with Gasteiger partial charge in [-0.05, 0) is 13.0 Å². The highest BCUT2D eigenvalue weighted by molar-refractivity contribution is 6.30. The molecule has 20 heavy (non-hydrogen) atoms. The second-order valence-corrected chi connectivity index (χ2v) is 5.02. The Morgan fingerprint density at radius 2 is 2.25 bits per heavy atom. The summed E-state index contributed by atoms with van der Waals surface area (Å²) in [6, 6.07) is 1.93. The van der Waals surface area contributed by atoms with Crippen molar-refractivity contribution in [3.8, 4) is 0 Å². The SMILES string of the molecule is CCn1ccc(CN(C)C(=O)CCn2cc(Cl)cn2)n1. The smallest absolute Gasteiger partial charge is 0.224 e. The molecule has 0 N–H and O–H groups in total. The number of rotatable bonds is 6. The molecule has 0 saturated heterocycles. The summed E-state index contributed by atoms with van der Waals surface area (Å²) in [5, 5.41) is 8.98. The molecule has 0 aliphatic rings. The van der Waals surface area contributed by atoms with Gasteiger partial charge in [0.2, 0.25) is 5.91 Å². The van der Waals surface area contributed by atoms with Gasteiger partial charge >= 0.3 is 0 Å². The maximum absolute atomic E-state index is 12.0. The highest BCUT2D eigenvalue weighted by Gasteiger charge is 2.11. The predicted molar refractivity (Wildman–Crippen MR) is 76.2 cm³/mol. The van der Waals surface area contributed by atoms with Gasteiger partial charge in [0, 0.05) is 39.0 Å². The first-order valence-electron chi connectivity index (χ1n) is 6.52. The largest absolute Gasteiger partial charge is 0.340 e. The van der Waals surface area contributed by atoms with Gasteiger partial charge in [0.05, 0.1) is 23.5 Å². The summed E-state index contributed by atoms with van der Waals surface area (Å²) in [4.78, 5) is 13.7. The average Bonchev–Trinajstić information content (AvgIpc) is 3.04. The van der Waals surface area contributed by atoms with Crippen LogP contribution < -0.4 is 0 Å². The minimum Gasteiger partial charge on any atom is -0.340 e. The molecule has 0 spiro atoms. The minimum atomic E-state index is 0.0580. The van der Waals surface area contributed by atoms with Gasteiger partial charge in [-0.25, -0.2) is 0 Å². The molecule has 2 heterocycles. The standard InChI is InChI=1S/C13H18ClN5O/c1-3-18-6-4-12(16-18)10-17(2)13(20)5-7-19-9-11(14)8-15-19/h4,6,8-9H,3,5,7,10H2,1-2H3. The van der Waals surface area contributed by atoms with Crippen molar-refractivity contribution >= 4 is 17.5 Å². The van der Waals surface area contributed by atoms with E-state index in [0.29, 0.717) is 24.5 Å². The zero-order valence-electron chi connectivity index (χ0n) is 11.7. The highest BCUT2D eigenvalue weighted by atomic mass is 35.5. The van der Waals surface area contributed by atoms with Crippen LogP contribution in [0, 0.1) is 0 Å². The quantitative estimate of drug-likeness (QED) is 0.816. The molecule has 2 aromatic heterocycles. The van der Waals surface area contributed by atoms with E-state index in [0.717, 1.165) is 12.2 Å². The van der Waals surface area contributed by atoms with E-state index in [1.165, 1.54) is 0 Å². The van der Waals surface area contributed by atoms with Crippen molar-refractivity contribution in [3.63, 3.8) is 0 Å². The molecule has 1 amide bonds. The molecule has 0 aliphatic carbocycles. The lowest BCUT2D eigenvalue weighted by molar-refractivity contribution is -0.130. The number of aromatic nitrogens is 4. The second kappa shape index (κ2) is 6.56. The molecule has 0 atom stereocenters. The zero-order chi connectivity index (χ0) is 14.5. The van der Waals surface area contributed by atoms with Crippen LogP contribution in [0.4, 0.5) is 0 Å². The van der Waals surface area contributed by atoms with E-state index in [4.69, 9.17) is 11.6 Å². The number of hydrogen-bond acceptors (Lipinski definition) is 3. The average molecular weight is 296 g/mol. The Morgan fingerprint density at radius 3 is 2.85 bits per heavy atom. The number of nitrogens with zero attached hydrogens (tertiary/aromatic N) is 5. The fraction of sp³-hybridized carbons (Fsp3) is 0.462. The number of hydrogen-bond donors (Lipinski definition) is 0. The summed E-state index contributed by atoms with van der Waals surface area (Å²) >= 11 is 5.77. The van der Waals surface area contributed by atoms with E-state index in [9.17, 15) is 4.79 Å². The number of amides is 1. The Hall–Kier alpha value is -1.82. The van der Waals surface area contributed by atoms with Gasteiger partial charge in [0.15, 0.2) is 0 Å². The molecule has 0 unspecified atom stereocenters. The second-order valence-electron chi connectivity index (χ2n) is 4.58. The van der Waals surface area contributed by atoms with Crippen molar-refractivity contribution in [2.45, 2.75) is 33.0 Å². The Labute approximate surface area is 122 Å². The van der Waals surface area contributed by atoms with Gasteiger partial charge in [0.25, 0.3) is 0 Å². The first-order chi connectivity index (χ1) is 9.58. The number of halogens is 1. The van der Waals surface area contributed by atoms with Gasteiger partial charge in [-0.2, -0.15) is 10.2 Å². The summed E-state index contributed by atoms with van der Waals surface area (Å²) in [5.41, 5.74) is 0.893. The number of aryl methyl sites for hydroxylation is 2. The molecule has 0 saturated carbocycles. The van der Waals surface area contributed by atoms with Crippen molar-refractivity contribution in [1.29, 1.82) is 0 Å². The lowest BCUT2D eigenvalue weighted by Gasteiger charge is -2.15. The normalized spacial score (nSPS) is 10.8. The third-order valence-corrected chi connectivity index (χ3v) is 3.20. The summed E-state index contributed by atoms with van der Waals surface area (Å²) in [6.07, 6.45) is 5.58. The van der Waals surface area contributed by atoms with Crippen molar-refractivity contribution in [3.05, 3.63) is 35.4 Å². The molecular weight excluding hydrogens is 278 g/mol. The van der Waals surface area contributed by atoms with E-state index in [-0.39, 0.29) is 5.91 Å². The maximum atomic E-state index is 12.0. The Morgan fingerprint density at radius 1 is 1.45 bits per heavy atom. The molecular formula is C13H18ClN5O. The summed E-state index contributed by atoms with van der Waals surface area (Å²) in [7, 11) is 1.78. The predicted octanol–water partition coefficient (Wildman–Crippen LogP) is 1.80.